The summed E-state index contributed by atoms with van der Waals surface area (Å²) >= 11 is 1.76. The number of para-hydroxylation sites is 1. The lowest BCUT2D eigenvalue weighted by atomic mass is 9.97. The minimum Gasteiger partial charge on any atom is -0.350 e. The molecule has 0 fully saturated rings. The van der Waals surface area contributed by atoms with Crippen molar-refractivity contribution in [3.8, 4) is 0 Å². The molecule has 1 unspecified atom stereocenters. The highest BCUT2D eigenvalue weighted by molar-refractivity contribution is 7.11. The summed E-state index contributed by atoms with van der Waals surface area (Å²) in [6.07, 6.45) is 5.07. The molecule has 0 radical (unpaired) electrons. The SMILES string of the molecule is Cc1nc2c(s1)CCCC2NC(=O)c1cn(C)c2ccccc12. The van der Waals surface area contributed by atoms with Crippen LogP contribution in [0.25, 0.3) is 10.9 Å². The molecule has 1 aliphatic carbocycles. The minimum absolute atomic E-state index is 0.00898. The highest BCUT2D eigenvalue weighted by Gasteiger charge is 2.26. The molecule has 5 heteroatoms. The van der Waals surface area contributed by atoms with Crippen molar-refractivity contribution in [2.24, 2.45) is 7.05 Å². The number of fused-ring (bicyclic) bond motifs is 2. The van der Waals surface area contributed by atoms with E-state index in [1.165, 1.54) is 4.88 Å². The Labute approximate surface area is 139 Å². The molecule has 2 aromatic heterocycles. The second-order valence-electron chi connectivity index (χ2n) is 6.13. The monoisotopic (exact) mass is 325 g/mol. The molecular weight excluding hydrogens is 306 g/mol. The Hall–Kier alpha value is -2.14. The van der Waals surface area contributed by atoms with Gasteiger partial charge in [0.2, 0.25) is 0 Å². The van der Waals surface area contributed by atoms with Crippen LogP contribution in [0.1, 0.15) is 44.8 Å². The molecule has 3 aromatic rings. The van der Waals surface area contributed by atoms with Gasteiger partial charge in [0.15, 0.2) is 0 Å². The van der Waals surface area contributed by atoms with Gasteiger partial charge in [-0.2, -0.15) is 0 Å². The quantitative estimate of drug-likeness (QED) is 0.780. The zero-order valence-corrected chi connectivity index (χ0v) is 14.1. The molecule has 0 bridgehead atoms. The molecule has 4 nitrogen and oxygen atoms in total. The number of rotatable bonds is 2. The molecule has 118 valence electrons. The molecule has 2 heterocycles. The highest BCUT2D eigenvalue weighted by atomic mass is 32.1. The van der Waals surface area contributed by atoms with Crippen LogP contribution in [-0.2, 0) is 13.5 Å². The normalized spacial score (nSPS) is 17.2. The molecule has 0 aliphatic heterocycles. The number of amides is 1. The summed E-state index contributed by atoms with van der Waals surface area (Å²) in [6.45, 7) is 2.03. The van der Waals surface area contributed by atoms with Gasteiger partial charge < -0.3 is 9.88 Å². The van der Waals surface area contributed by atoms with Crippen LogP contribution in [0.4, 0.5) is 0 Å². The molecule has 1 aromatic carbocycles. The fourth-order valence-electron chi connectivity index (χ4n) is 3.44. The van der Waals surface area contributed by atoms with Gasteiger partial charge in [-0.1, -0.05) is 18.2 Å². The van der Waals surface area contributed by atoms with Gasteiger partial charge in [-0.15, -0.1) is 11.3 Å². The van der Waals surface area contributed by atoms with Gasteiger partial charge in [0.25, 0.3) is 5.91 Å². The number of aryl methyl sites for hydroxylation is 3. The van der Waals surface area contributed by atoms with E-state index in [-0.39, 0.29) is 11.9 Å². The Morgan fingerprint density at radius 1 is 1.39 bits per heavy atom. The highest BCUT2D eigenvalue weighted by Crippen LogP contribution is 2.33. The number of hydrogen-bond acceptors (Lipinski definition) is 3. The van der Waals surface area contributed by atoms with Crippen LogP contribution in [0.5, 0.6) is 0 Å². The van der Waals surface area contributed by atoms with Crippen molar-refractivity contribution < 1.29 is 4.79 Å². The summed E-state index contributed by atoms with van der Waals surface area (Å²) in [5.74, 6) is -0.00898. The Bertz CT molecular complexity index is 893. The van der Waals surface area contributed by atoms with E-state index in [9.17, 15) is 4.79 Å². The lowest BCUT2D eigenvalue weighted by molar-refractivity contribution is 0.0933. The van der Waals surface area contributed by atoms with Gasteiger partial charge in [-0.05, 0) is 32.3 Å². The predicted octanol–water partition coefficient (Wildman–Crippen LogP) is 3.75. The maximum atomic E-state index is 12.8. The second-order valence-corrected chi connectivity index (χ2v) is 7.42. The molecule has 1 amide bonds. The van der Waals surface area contributed by atoms with Gasteiger partial charge in [-0.25, -0.2) is 4.98 Å². The standard InChI is InChI=1S/C18H19N3OS/c1-11-19-17-14(7-5-9-16(17)23-11)20-18(22)13-10-21(2)15-8-4-3-6-12(13)15/h3-4,6,8,10,14H,5,7,9H2,1-2H3,(H,20,22). The van der Waals surface area contributed by atoms with Crippen molar-refractivity contribution in [2.75, 3.05) is 0 Å². The first-order valence-electron chi connectivity index (χ1n) is 7.94. The summed E-state index contributed by atoms with van der Waals surface area (Å²) in [5, 5.41) is 5.28. The van der Waals surface area contributed by atoms with Crippen LogP contribution in [-0.4, -0.2) is 15.5 Å². The van der Waals surface area contributed by atoms with Crippen molar-refractivity contribution >= 4 is 28.1 Å². The molecule has 0 spiro atoms. The summed E-state index contributed by atoms with van der Waals surface area (Å²) in [5.41, 5.74) is 2.89. The van der Waals surface area contributed by atoms with Crippen molar-refractivity contribution in [3.63, 3.8) is 0 Å². The predicted molar refractivity (Wildman–Crippen MR) is 92.9 cm³/mol. The van der Waals surface area contributed by atoms with E-state index in [4.69, 9.17) is 0 Å². The number of nitrogens with one attached hydrogen (secondary N) is 1. The number of carbonyl (C=O) groups is 1. The third kappa shape index (κ3) is 2.45. The van der Waals surface area contributed by atoms with Gasteiger partial charge in [0.1, 0.15) is 0 Å². The van der Waals surface area contributed by atoms with E-state index in [1.54, 1.807) is 11.3 Å². The number of thiazole rings is 1. The Morgan fingerprint density at radius 3 is 3.09 bits per heavy atom. The van der Waals surface area contributed by atoms with E-state index in [2.05, 4.69) is 10.3 Å². The van der Waals surface area contributed by atoms with Crippen molar-refractivity contribution in [3.05, 3.63) is 51.6 Å². The van der Waals surface area contributed by atoms with E-state index in [0.717, 1.165) is 46.4 Å². The van der Waals surface area contributed by atoms with E-state index in [1.807, 2.05) is 49.0 Å². The molecule has 1 atom stereocenters. The fourth-order valence-corrected chi connectivity index (χ4v) is 4.48. The maximum absolute atomic E-state index is 12.8. The third-order valence-electron chi connectivity index (χ3n) is 4.51. The largest absolute Gasteiger partial charge is 0.350 e. The van der Waals surface area contributed by atoms with E-state index in [0.29, 0.717) is 0 Å². The smallest absolute Gasteiger partial charge is 0.253 e. The van der Waals surface area contributed by atoms with Crippen molar-refractivity contribution in [1.29, 1.82) is 0 Å². The Balaban J connectivity index is 1.66. The van der Waals surface area contributed by atoms with E-state index < -0.39 is 0 Å². The average Bonchev–Trinajstić information content (AvgIpc) is 3.08. The second kappa shape index (κ2) is 5.49. The maximum Gasteiger partial charge on any atom is 0.253 e. The number of carbonyl (C=O) groups excluding carboxylic acids is 1. The number of aromatic nitrogens is 2. The molecule has 0 saturated heterocycles. The van der Waals surface area contributed by atoms with Crippen LogP contribution >= 0.6 is 11.3 Å². The first-order chi connectivity index (χ1) is 11.1. The molecule has 23 heavy (non-hydrogen) atoms. The van der Waals surface area contributed by atoms with Crippen molar-refractivity contribution in [2.45, 2.75) is 32.2 Å². The topological polar surface area (TPSA) is 46.9 Å². The zero-order chi connectivity index (χ0) is 16.0. The van der Waals surface area contributed by atoms with Gasteiger partial charge in [0.05, 0.1) is 22.3 Å². The molecule has 1 N–H and O–H groups in total. The van der Waals surface area contributed by atoms with Crippen LogP contribution < -0.4 is 5.32 Å². The average molecular weight is 325 g/mol. The van der Waals surface area contributed by atoms with Gasteiger partial charge >= 0.3 is 0 Å². The molecule has 4 rings (SSSR count). The van der Waals surface area contributed by atoms with Crippen LogP contribution in [0, 0.1) is 6.92 Å². The number of hydrogen-bond donors (Lipinski definition) is 1. The summed E-state index contributed by atoms with van der Waals surface area (Å²) < 4.78 is 2.00. The van der Waals surface area contributed by atoms with Crippen LogP contribution in [0.2, 0.25) is 0 Å². The fraction of sp³-hybridized carbons (Fsp3) is 0.333. The summed E-state index contributed by atoms with van der Waals surface area (Å²) in [7, 11) is 1.97. The van der Waals surface area contributed by atoms with Crippen LogP contribution in [0.3, 0.4) is 0 Å². The van der Waals surface area contributed by atoms with Gasteiger partial charge in [0, 0.05) is 29.0 Å². The van der Waals surface area contributed by atoms with Crippen LogP contribution in [0.15, 0.2) is 30.5 Å². The zero-order valence-electron chi connectivity index (χ0n) is 13.3. The molecule has 0 saturated carbocycles. The summed E-state index contributed by atoms with van der Waals surface area (Å²) in [4.78, 5) is 18.8. The minimum atomic E-state index is -0.00898. The first-order valence-corrected chi connectivity index (χ1v) is 8.76. The number of nitrogens with zero attached hydrogens (tertiary/aromatic N) is 2. The Kier molecular flexibility index (Phi) is 3.45. The lowest BCUT2D eigenvalue weighted by Gasteiger charge is -2.22. The Morgan fingerprint density at radius 2 is 2.22 bits per heavy atom. The van der Waals surface area contributed by atoms with E-state index >= 15 is 0 Å². The van der Waals surface area contributed by atoms with Crippen molar-refractivity contribution in [1.82, 2.24) is 14.9 Å². The summed E-state index contributed by atoms with van der Waals surface area (Å²) in [6, 6.07) is 8.05. The molecular formula is C18H19N3OS. The first kappa shape index (κ1) is 14.5. The third-order valence-corrected chi connectivity index (χ3v) is 5.55. The number of benzene rings is 1. The van der Waals surface area contributed by atoms with Gasteiger partial charge in [-0.3, -0.25) is 4.79 Å². The lowest BCUT2D eigenvalue weighted by Crippen LogP contribution is -2.30. The molecule has 1 aliphatic rings.